The van der Waals surface area contributed by atoms with Crippen molar-refractivity contribution in [3.8, 4) is 0 Å². The third-order valence-electron chi connectivity index (χ3n) is 16.6. The molecule has 7 N–H and O–H groups in total. The molecule has 9 nitrogen and oxygen atoms in total. The zero-order chi connectivity index (χ0) is 60.1. The van der Waals surface area contributed by atoms with Gasteiger partial charge in [0.15, 0.2) is 0 Å². The van der Waals surface area contributed by atoms with Crippen molar-refractivity contribution >= 4 is 5.97 Å². The summed E-state index contributed by atoms with van der Waals surface area (Å²) in [6, 6.07) is 0. The number of ether oxygens (including phenoxy) is 1. The quantitative estimate of drug-likeness (QED) is 0.0997. The Morgan fingerprint density at radius 3 is 0.870 bits per heavy atom. The molecule has 0 aromatic heterocycles. The molecule has 4 rings (SSSR count). The van der Waals surface area contributed by atoms with E-state index in [1.807, 2.05) is 178 Å². The summed E-state index contributed by atoms with van der Waals surface area (Å²) in [7, 11) is 0. The van der Waals surface area contributed by atoms with Crippen LogP contribution in [0.15, 0.2) is 141 Å². The predicted molar refractivity (Wildman–Crippen MR) is 318 cm³/mol. The summed E-state index contributed by atoms with van der Waals surface area (Å²) in [5.74, 6) is -5.52. The molecule has 4 atom stereocenters. The lowest BCUT2D eigenvalue weighted by Gasteiger charge is -2.58. The SMILES string of the molecule is C=C1C(C(C)(C)C)=C(O)C(C(C)(C)C)=CC1C(C1C=C(C(C)(C)C)C(O)=C(C(C)(C)C)C1=C)C(C(=O)OCC(CO)(CO)CO)(C1C=C(C(C)(C)C)C(O)=C(C(C)(C)C)C1=C)C1C=C(C(C)(C)C)C(O)=C(C(C)(C)C)C1=C. The van der Waals surface area contributed by atoms with Crippen LogP contribution in [0.2, 0.25) is 0 Å². The molecule has 0 saturated heterocycles. The van der Waals surface area contributed by atoms with E-state index in [9.17, 15) is 35.7 Å². The number of aliphatic hydroxyl groups excluding tert-OH is 7. The van der Waals surface area contributed by atoms with Gasteiger partial charge in [0, 0.05) is 46.0 Å². The van der Waals surface area contributed by atoms with Crippen molar-refractivity contribution in [1.82, 2.24) is 0 Å². The van der Waals surface area contributed by atoms with Crippen LogP contribution in [-0.2, 0) is 9.53 Å². The number of carbonyl (C=O) groups is 1. The lowest BCUT2D eigenvalue weighted by atomic mass is 9.44. The molecule has 0 radical (unpaired) electrons. The summed E-state index contributed by atoms with van der Waals surface area (Å²) in [5.41, 5.74) is -2.94. The molecule has 0 aliphatic heterocycles. The van der Waals surface area contributed by atoms with Gasteiger partial charge in [0.2, 0.25) is 0 Å². The number of carbonyl (C=O) groups excluding carboxylic acids is 1. The lowest BCUT2D eigenvalue weighted by molar-refractivity contribution is -0.175. The number of rotatable bonds is 11. The van der Waals surface area contributed by atoms with Crippen molar-refractivity contribution in [2.24, 2.45) is 83.7 Å². The van der Waals surface area contributed by atoms with Crippen LogP contribution in [-0.4, -0.2) is 68.1 Å². The average Bonchev–Trinajstić information content (AvgIpc) is 3.21. The number of esters is 1. The van der Waals surface area contributed by atoms with E-state index in [1.165, 1.54) is 0 Å². The van der Waals surface area contributed by atoms with E-state index >= 15 is 4.79 Å². The lowest BCUT2D eigenvalue weighted by Crippen LogP contribution is -2.59. The molecule has 0 saturated carbocycles. The van der Waals surface area contributed by atoms with E-state index in [2.05, 4.69) is 12.2 Å². The molecule has 4 unspecified atom stereocenters. The maximum atomic E-state index is 17.7. The van der Waals surface area contributed by atoms with Gasteiger partial charge in [-0.15, -0.1) is 0 Å². The van der Waals surface area contributed by atoms with Crippen molar-refractivity contribution in [2.45, 2.75) is 166 Å². The topological polar surface area (TPSA) is 168 Å². The molecule has 0 amide bonds. The fourth-order valence-electron chi connectivity index (χ4n) is 12.9. The van der Waals surface area contributed by atoms with Gasteiger partial charge in [-0.1, -0.05) is 217 Å². The highest BCUT2D eigenvalue weighted by molar-refractivity contribution is 5.83. The van der Waals surface area contributed by atoms with Crippen LogP contribution in [0.25, 0.3) is 0 Å². The molecule has 0 spiro atoms. The minimum atomic E-state index is -2.03. The summed E-state index contributed by atoms with van der Waals surface area (Å²) in [6.07, 6.45) is 8.06. The molecule has 4 aliphatic rings. The Morgan fingerprint density at radius 1 is 0.416 bits per heavy atom. The normalized spacial score (nSPS) is 23.7. The molecule has 0 heterocycles. The summed E-state index contributed by atoms with van der Waals surface area (Å²) in [4.78, 5) is 17.7. The highest BCUT2D eigenvalue weighted by Gasteiger charge is 2.66. The average molecular weight is 1070 g/mol. The molecule has 0 aromatic carbocycles. The van der Waals surface area contributed by atoms with Gasteiger partial charge < -0.3 is 40.5 Å². The first-order valence-electron chi connectivity index (χ1n) is 27.8. The minimum absolute atomic E-state index is 0.0472. The van der Waals surface area contributed by atoms with Gasteiger partial charge >= 0.3 is 5.97 Å². The van der Waals surface area contributed by atoms with Crippen LogP contribution in [0.4, 0.5) is 0 Å². The first-order chi connectivity index (χ1) is 34.4. The maximum absolute atomic E-state index is 17.7. The summed E-state index contributed by atoms with van der Waals surface area (Å²) < 4.78 is 6.90. The standard InChI is InChI=1S/C68H104O9/c1-37-41(29-45(59(5,6)7)54(72)49(37)63(17,18)19)53(42-30-46(60(8,9)10)55(73)50(38(42)2)64(20,21)22)68(58(76)77-36-67(33-69,34-70)35-71,43-31-47(61(11,12)13)56(74)51(39(43)3)65(23,24)25)44-32-48(62(14,15)16)57(75)52(40(44)4)66(26,27)28/h29-32,41-44,53,69-75H,1-4,33-36H2,5-28H3. The molecule has 0 aromatic rings. The number of allylic oxidation sites excluding steroid dienone is 16. The van der Waals surface area contributed by atoms with Gasteiger partial charge in [-0.05, 0) is 93.8 Å². The number of aliphatic hydroxyl groups is 7. The molecule has 0 bridgehead atoms. The van der Waals surface area contributed by atoms with E-state index in [0.717, 1.165) is 0 Å². The van der Waals surface area contributed by atoms with Crippen LogP contribution in [0.3, 0.4) is 0 Å². The molecule has 77 heavy (non-hydrogen) atoms. The van der Waals surface area contributed by atoms with Crippen LogP contribution in [0, 0.1) is 83.7 Å². The fraction of sp³-hybridized carbons (Fsp3) is 0.632. The third-order valence-corrected chi connectivity index (χ3v) is 16.6. The van der Waals surface area contributed by atoms with Crippen LogP contribution in [0.1, 0.15) is 166 Å². The Labute approximate surface area is 466 Å². The van der Waals surface area contributed by atoms with Crippen LogP contribution < -0.4 is 0 Å². The van der Waals surface area contributed by atoms with Crippen molar-refractivity contribution in [3.05, 3.63) is 141 Å². The van der Waals surface area contributed by atoms with Crippen molar-refractivity contribution in [3.63, 3.8) is 0 Å². The largest absolute Gasteiger partial charge is 0.507 e. The second-order valence-electron chi connectivity index (χ2n) is 31.3. The summed E-state index contributed by atoms with van der Waals surface area (Å²) in [5, 5.41) is 84.1. The summed E-state index contributed by atoms with van der Waals surface area (Å²) in [6.45, 7) is 65.7. The van der Waals surface area contributed by atoms with E-state index < -0.39 is 116 Å². The Balaban J connectivity index is 2.72. The molecule has 4 aliphatic carbocycles. The van der Waals surface area contributed by atoms with Gasteiger partial charge in [0.25, 0.3) is 0 Å². The van der Waals surface area contributed by atoms with E-state index in [1.54, 1.807) is 0 Å². The monoisotopic (exact) mass is 1060 g/mol. The van der Waals surface area contributed by atoms with Gasteiger partial charge in [0.1, 0.15) is 29.6 Å². The second kappa shape index (κ2) is 20.8. The Hall–Kier alpha value is -4.57. The van der Waals surface area contributed by atoms with Crippen LogP contribution in [0.5, 0.6) is 0 Å². The first-order valence-corrected chi connectivity index (χ1v) is 27.8. The van der Waals surface area contributed by atoms with Gasteiger partial charge in [0.05, 0.1) is 30.7 Å². The van der Waals surface area contributed by atoms with Gasteiger partial charge in [-0.2, -0.15) is 0 Å². The molecule has 430 valence electrons. The highest BCUT2D eigenvalue weighted by atomic mass is 16.5. The summed E-state index contributed by atoms with van der Waals surface area (Å²) >= 11 is 0. The second-order valence-corrected chi connectivity index (χ2v) is 31.3. The van der Waals surface area contributed by atoms with Gasteiger partial charge in [-0.25, -0.2) is 0 Å². The van der Waals surface area contributed by atoms with Crippen molar-refractivity contribution in [1.29, 1.82) is 0 Å². The number of hydrogen-bond donors (Lipinski definition) is 7. The van der Waals surface area contributed by atoms with Crippen LogP contribution >= 0.6 is 0 Å². The van der Waals surface area contributed by atoms with Crippen molar-refractivity contribution < 1.29 is 45.3 Å². The van der Waals surface area contributed by atoms with E-state index in [4.69, 9.17) is 31.1 Å². The smallest absolute Gasteiger partial charge is 0.314 e. The predicted octanol–water partition coefficient (Wildman–Crippen LogP) is 16.2. The molecule has 9 heteroatoms. The Kier molecular flexibility index (Phi) is 17.6. The first kappa shape index (κ1) is 65.0. The van der Waals surface area contributed by atoms with Crippen molar-refractivity contribution in [2.75, 3.05) is 26.4 Å². The molecular weight excluding hydrogens is 961 g/mol. The highest BCUT2D eigenvalue weighted by Crippen LogP contribution is 2.67. The third kappa shape index (κ3) is 11.9. The minimum Gasteiger partial charge on any atom is -0.507 e. The fourth-order valence-corrected chi connectivity index (χ4v) is 12.9. The Morgan fingerprint density at radius 2 is 0.649 bits per heavy atom. The van der Waals surface area contributed by atoms with Gasteiger partial charge in [-0.3, -0.25) is 4.79 Å². The van der Waals surface area contributed by atoms with E-state index in [0.29, 0.717) is 66.9 Å². The zero-order valence-corrected chi connectivity index (χ0v) is 52.3. The molecule has 0 fully saturated rings. The van der Waals surface area contributed by atoms with E-state index in [-0.39, 0.29) is 23.0 Å². The molecular formula is C68H104O9. The number of hydrogen-bond acceptors (Lipinski definition) is 9. The Bertz CT molecular complexity index is 2510. The zero-order valence-electron chi connectivity index (χ0n) is 52.3. The maximum Gasteiger partial charge on any atom is 0.314 e.